The van der Waals surface area contributed by atoms with E-state index in [4.69, 9.17) is 0 Å². The highest BCUT2D eigenvalue weighted by atomic mass is 79.9. The van der Waals surface area contributed by atoms with Gasteiger partial charge in [0.1, 0.15) is 0 Å². The third-order valence-corrected chi connectivity index (χ3v) is 3.41. The van der Waals surface area contributed by atoms with Crippen molar-refractivity contribution in [2.75, 3.05) is 0 Å². The van der Waals surface area contributed by atoms with Gasteiger partial charge in [0, 0.05) is 4.48 Å². The van der Waals surface area contributed by atoms with Gasteiger partial charge in [0.25, 0.3) is 0 Å². The molecule has 0 saturated carbocycles. The summed E-state index contributed by atoms with van der Waals surface area (Å²) in [5, 5.41) is 0. The lowest BCUT2D eigenvalue weighted by molar-refractivity contribution is -0.0692. The number of allylic oxidation sites excluding steroid dienone is 3. The largest absolute Gasteiger partial charge is 0.417 e. The summed E-state index contributed by atoms with van der Waals surface area (Å²) in [4.78, 5) is 0. The van der Waals surface area contributed by atoms with Crippen molar-refractivity contribution < 1.29 is 13.2 Å². The minimum atomic E-state index is -4.33. The summed E-state index contributed by atoms with van der Waals surface area (Å²) in [6.07, 6.45) is 0.294. The zero-order valence-electron chi connectivity index (χ0n) is 8.89. The average molecular weight is 303 g/mol. The molecule has 0 amide bonds. The van der Waals surface area contributed by atoms with Crippen LogP contribution in [0.2, 0.25) is 0 Å². The van der Waals surface area contributed by atoms with E-state index in [9.17, 15) is 13.2 Å². The highest BCUT2D eigenvalue weighted by molar-refractivity contribution is 9.11. The van der Waals surface area contributed by atoms with Gasteiger partial charge < -0.3 is 0 Å². The quantitative estimate of drug-likeness (QED) is 0.621. The maximum absolute atomic E-state index is 13.1. The molecule has 0 saturated heterocycles. The summed E-state index contributed by atoms with van der Waals surface area (Å²) in [6.45, 7) is 0. The zero-order chi connectivity index (χ0) is 12.5. The molecule has 1 aromatic carbocycles. The fourth-order valence-corrected chi connectivity index (χ4v) is 2.54. The van der Waals surface area contributed by atoms with E-state index in [1.807, 2.05) is 6.08 Å². The Balaban J connectivity index is 2.67. The van der Waals surface area contributed by atoms with Crippen LogP contribution in [-0.4, -0.2) is 6.18 Å². The summed E-state index contributed by atoms with van der Waals surface area (Å²) >= 11 is 3.07. The fraction of sp³-hybridized carbons (Fsp3) is 0.231. The molecule has 0 spiro atoms. The van der Waals surface area contributed by atoms with Crippen molar-refractivity contribution in [2.45, 2.75) is 19.0 Å². The second-order valence-electron chi connectivity index (χ2n) is 3.81. The van der Waals surface area contributed by atoms with Crippen LogP contribution in [0.3, 0.4) is 0 Å². The van der Waals surface area contributed by atoms with Crippen LogP contribution in [-0.2, 0) is 0 Å². The molecule has 0 fully saturated rings. The van der Waals surface area contributed by atoms with Crippen molar-refractivity contribution in [3.63, 3.8) is 0 Å². The van der Waals surface area contributed by atoms with Crippen molar-refractivity contribution in [1.82, 2.24) is 0 Å². The lowest BCUT2D eigenvalue weighted by atomic mass is 9.95. The molecule has 0 radical (unpaired) electrons. The Morgan fingerprint density at radius 3 is 2.53 bits per heavy atom. The SMILES string of the molecule is FC(F)(F)C1=C(Br)CCC=Cc2ccccc21. The van der Waals surface area contributed by atoms with E-state index in [0.717, 1.165) is 0 Å². The number of hydrogen-bond acceptors (Lipinski definition) is 0. The Morgan fingerprint density at radius 1 is 1.12 bits per heavy atom. The summed E-state index contributed by atoms with van der Waals surface area (Å²) in [6, 6.07) is 6.57. The van der Waals surface area contributed by atoms with E-state index < -0.39 is 11.7 Å². The number of rotatable bonds is 0. The van der Waals surface area contributed by atoms with E-state index in [0.29, 0.717) is 18.4 Å². The Morgan fingerprint density at radius 2 is 1.82 bits per heavy atom. The van der Waals surface area contributed by atoms with Crippen LogP contribution < -0.4 is 0 Å². The van der Waals surface area contributed by atoms with Gasteiger partial charge in [-0.05, 0) is 24.0 Å². The third kappa shape index (κ3) is 2.63. The molecule has 1 aliphatic carbocycles. The maximum atomic E-state index is 13.1. The molecule has 0 aromatic heterocycles. The van der Waals surface area contributed by atoms with E-state index in [1.165, 1.54) is 6.07 Å². The number of alkyl halides is 3. The second-order valence-corrected chi connectivity index (χ2v) is 4.76. The molecule has 1 aromatic rings. The van der Waals surface area contributed by atoms with Crippen LogP contribution in [0.15, 0.2) is 34.8 Å². The second kappa shape index (κ2) is 4.69. The fourth-order valence-electron chi connectivity index (χ4n) is 1.87. The summed E-state index contributed by atoms with van der Waals surface area (Å²) < 4.78 is 39.4. The van der Waals surface area contributed by atoms with Crippen LogP contribution in [0.25, 0.3) is 11.6 Å². The van der Waals surface area contributed by atoms with Crippen LogP contribution in [0.5, 0.6) is 0 Å². The number of fused-ring (bicyclic) bond motifs is 1. The molecule has 0 heterocycles. The van der Waals surface area contributed by atoms with E-state index in [2.05, 4.69) is 15.9 Å². The third-order valence-electron chi connectivity index (χ3n) is 2.61. The molecular weight excluding hydrogens is 293 g/mol. The molecule has 0 N–H and O–H groups in total. The van der Waals surface area contributed by atoms with E-state index in [-0.39, 0.29) is 10.0 Å². The van der Waals surface area contributed by atoms with Crippen LogP contribution in [0, 0.1) is 0 Å². The minimum absolute atomic E-state index is 0.224. The first kappa shape index (κ1) is 12.4. The van der Waals surface area contributed by atoms with Gasteiger partial charge in [-0.25, -0.2) is 0 Å². The predicted octanol–water partition coefficient (Wildman–Crippen LogP) is 5.16. The number of benzene rings is 1. The zero-order valence-corrected chi connectivity index (χ0v) is 10.5. The molecule has 0 atom stereocenters. The van der Waals surface area contributed by atoms with Crippen molar-refractivity contribution in [3.05, 3.63) is 46.0 Å². The van der Waals surface area contributed by atoms with Gasteiger partial charge >= 0.3 is 6.18 Å². The monoisotopic (exact) mass is 302 g/mol. The van der Waals surface area contributed by atoms with Crippen molar-refractivity contribution in [3.8, 4) is 0 Å². The molecule has 0 nitrogen and oxygen atoms in total. The van der Waals surface area contributed by atoms with Gasteiger partial charge in [0.15, 0.2) is 0 Å². The summed E-state index contributed by atoms with van der Waals surface area (Å²) in [5.41, 5.74) is 0.289. The molecule has 0 aliphatic heterocycles. The van der Waals surface area contributed by atoms with Gasteiger partial charge in [0.05, 0.1) is 5.57 Å². The Labute approximate surface area is 106 Å². The van der Waals surface area contributed by atoms with Gasteiger partial charge in [-0.1, -0.05) is 52.3 Å². The smallest absolute Gasteiger partial charge is 0.166 e. The molecule has 90 valence electrons. The average Bonchev–Trinajstić information content (AvgIpc) is 2.21. The molecule has 17 heavy (non-hydrogen) atoms. The Bertz CT molecular complexity index is 484. The van der Waals surface area contributed by atoms with Gasteiger partial charge in [-0.15, -0.1) is 0 Å². The summed E-state index contributed by atoms with van der Waals surface area (Å²) in [5.74, 6) is 0. The molecule has 4 heteroatoms. The first-order valence-corrected chi connectivity index (χ1v) is 6.01. The van der Waals surface area contributed by atoms with Crippen molar-refractivity contribution in [2.24, 2.45) is 0 Å². The Hall–Kier alpha value is -1.03. The molecular formula is C13H10BrF3. The molecule has 0 bridgehead atoms. The molecule has 0 unspecified atom stereocenters. The number of hydrogen-bond donors (Lipinski definition) is 0. The van der Waals surface area contributed by atoms with Crippen LogP contribution in [0.1, 0.15) is 24.0 Å². The van der Waals surface area contributed by atoms with Gasteiger partial charge in [0.2, 0.25) is 0 Å². The normalized spacial score (nSPS) is 16.5. The first-order valence-electron chi connectivity index (χ1n) is 5.22. The molecule has 2 rings (SSSR count). The first-order chi connectivity index (χ1) is 8.00. The standard InChI is InChI=1S/C13H10BrF3/c14-11-8-4-2-6-9-5-1-3-7-10(9)12(11)13(15,16)17/h1-3,5-7H,4,8H2. The van der Waals surface area contributed by atoms with Crippen LogP contribution >= 0.6 is 15.9 Å². The number of halogens is 4. The highest BCUT2D eigenvalue weighted by Crippen LogP contribution is 2.42. The van der Waals surface area contributed by atoms with E-state index >= 15 is 0 Å². The minimum Gasteiger partial charge on any atom is -0.166 e. The van der Waals surface area contributed by atoms with Gasteiger partial charge in [-0.3, -0.25) is 0 Å². The summed E-state index contributed by atoms with van der Waals surface area (Å²) in [7, 11) is 0. The van der Waals surface area contributed by atoms with E-state index in [1.54, 1.807) is 24.3 Å². The van der Waals surface area contributed by atoms with Crippen molar-refractivity contribution in [1.29, 1.82) is 0 Å². The predicted molar refractivity (Wildman–Crippen MR) is 66.6 cm³/mol. The van der Waals surface area contributed by atoms with Crippen molar-refractivity contribution >= 4 is 27.6 Å². The maximum Gasteiger partial charge on any atom is 0.417 e. The topological polar surface area (TPSA) is 0 Å². The Kier molecular flexibility index (Phi) is 3.43. The lowest BCUT2D eigenvalue weighted by Crippen LogP contribution is -2.13. The molecule has 1 aliphatic rings. The van der Waals surface area contributed by atoms with Gasteiger partial charge in [-0.2, -0.15) is 13.2 Å². The van der Waals surface area contributed by atoms with Crippen LogP contribution in [0.4, 0.5) is 13.2 Å². The lowest BCUT2D eigenvalue weighted by Gasteiger charge is -2.18. The highest BCUT2D eigenvalue weighted by Gasteiger charge is 2.37.